The molecule has 0 spiro atoms. The van der Waals surface area contributed by atoms with Gasteiger partial charge in [0.2, 0.25) is 0 Å². The molecular formula is C52H40O2. The molecule has 1 heterocycles. The van der Waals surface area contributed by atoms with Crippen molar-refractivity contribution in [3.8, 4) is 28.0 Å². The molecule has 8 rings (SSSR count). The van der Waals surface area contributed by atoms with Crippen molar-refractivity contribution >= 4 is 62.9 Å². The predicted molar refractivity (Wildman–Crippen MR) is 230 cm³/mol. The van der Waals surface area contributed by atoms with Crippen molar-refractivity contribution in [2.75, 3.05) is 0 Å². The smallest absolute Gasteiger partial charge is 0.136 e. The predicted octanol–water partition coefficient (Wildman–Crippen LogP) is 10.6. The van der Waals surface area contributed by atoms with Gasteiger partial charge in [-0.1, -0.05) is 159 Å². The summed E-state index contributed by atoms with van der Waals surface area (Å²) in [6.07, 6.45) is 7.14. The van der Waals surface area contributed by atoms with Gasteiger partial charge in [-0.25, -0.2) is 0 Å². The summed E-state index contributed by atoms with van der Waals surface area (Å²) in [4.78, 5) is 0. The molecule has 8 aromatic rings. The van der Waals surface area contributed by atoms with E-state index in [1.165, 1.54) is 5.56 Å². The number of hydrogen-bond donors (Lipinski definition) is 1. The van der Waals surface area contributed by atoms with E-state index >= 15 is 0 Å². The van der Waals surface area contributed by atoms with Crippen LogP contribution in [0.1, 0.15) is 18.1 Å². The van der Waals surface area contributed by atoms with Crippen LogP contribution in [0.5, 0.6) is 5.75 Å². The third-order valence-electron chi connectivity index (χ3n) is 10.1. The zero-order chi connectivity index (χ0) is 37.0. The molecule has 7 aromatic carbocycles. The van der Waals surface area contributed by atoms with Gasteiger partial charge in [0.15, 0.2) is 0 Å². The van der Waals surface area contributed by atoms with Gasteiger partial charge in [-0.15, -0.1) is 0 Å². The molecule has 0 amide bonds. The van der Waals surface area contributed by atoms with Crippen LogP contribution in [0.25, 0.3) is 85.1 Å². The number of phenolic OH excluding ortho intramolecular Hbond substituents is 1. The molecule has 0 aliphatic rings. The molecule has 0 bridgehead atoms. The summed E-state index contributed by atoms with van der Waals surface area (Å²) in [5.41, 5.74) is 8.88. The summed E-state index contributed by atoms with van der Waals surface area (Å²) >= 11 is 0. The van der Waals surface area contributed by atoms with Crippen molar-refractivity contribution < 1.29 is 9.52 Å². The standard InChI is InChI=1S/C52H40O2/c1-4-51-47(49-32-41-31-48(38-19-8-7-9-20-38)50(53)33-42(41)34-52(49)54-51)28-27-37-18-16-22-40(30-37)44-24-11-6-5-10-23-43(45-25-14-15-26-46(44)45)36(3)29-39-21-13-12-17-35(39)2/h4-26,28-34,53H,2-3,27H2,1H3/b6-5?,10-5?,11-6?,23-10?,24-11?,39-29-,43-23?,44-24?,45-43?,46-44?,47-28-,51-4+. The summed E-state index contributed by atoms with van der Waals surface area (Å²) in [6, 6.07) is 56.3. The molecule has 1 N–H and O–H groups in total. The fourth-order valence-electron chi connectivity index (χ4n) is 7.31. The zero-order valence-corrected chi connectivity index (χ0v) is 30.3. The third-order valence-corrected chi connectivity index (χ3v) is 10.1. The highest BCUT2D eigenvalue weighted by molar-refractivity contribution is 6.05. The minimum Gasteiger partial charge on any atom is -0.507 e. The third kappa shape index (κ3) is 6.86. The van der Waals surface area contributed by atoms with E-state index < -0.39 is 0 Å². The Morgan fingerprint density at radius 1 is 0.630 bits per heavy atom. The Hall–Kier alpha value is -6.90. The Bertz CT molecular complexity index is 3020. The highest BCUT2D eigenvalue weighted by Crippen LogP contribution is 2.35. The quantitative estimate of drug-likeness (QED) is 0.188. The van der Waals surface area contributed by atoms with Crippen LogP contribution in [-0.2, 0) is 6.42 Å². The first-order chi connectivity index (χ1) is 26.5. The van der Waals surface area contributed by atoms with Crippen LogP contribution < -0.4 is 21.1 Å². The van der Waals surface area contributed by atoms with Gasteiger partial charge < -0.3 is 9.52 Å². The van der Waals surface area contributed by atoms with E-state index in [2.05, 4.69) is 128 Å². The zero-order valence-electron chi connectivity index (χ0n) is 30.3. The lowest BCUT2D eigenvalue weighted by molar-refractivity contribution is 0.478. The number of allylic oxidation sites excluding steroid dienone is 1. The molecule has 0 aliphatic heterocycles. The molecule has 0 radical (unpaired) electrons. The molecule has 0 saturated heterocycles. The van der Waals surface area contributed by atoms with Crippen LogP contribution in [0.4, 0.5) is 0 Å². The number of furan rings is 1. The molecule has 260 valence electrons. The van der Waals surface area contributed by atoms with E-state index in [0.717, 1.165) is 93.4 Å². The summed E-state index contributed by atoms with van der Waals surface area (Å²) < 4.78 is 6.37. The average Bonchev–Trinajstić information content (AvgIpc) is 3.54. The first-order valence-corrected chi connectivity index (χ1v) is 18.3. The molecular weight excluding hydrogens is 657 g/mol. The van der Waals surface area contributed by atoms with Crippen molar-refractivity contribution in [3.05, 3.63) is 203 Å². The second kappa shape index (κ2) is 15.0. The lowest BCUT2D eigenvalue weighted by Gasteiger charge is -2.10. The molecule has 0 saturated carbocycles. The van der Waals surface area contributed by atoms with Crippen LogP contribution in [-0.4, -0.2) is 5.11 Å². The van der Waals surface area contributed by atoms with Crippen molar-refractivity contribution in [2.45, 2.75) is 13.3 Å². The maximum absolute atomic E-state index is 10.9. The van der Waals surface area contributed by atoms with Crippen LogP contribution >= 0.6 is 0 Å². The molecule has 0 aliphatic carbocycles. The normalized spacial score (nSPS) is 12.4. The highest BCUT2D eigenvalue weighted by Gasteiger charge is 2.11. The van der Waals surface area contributed by atoms with Gasteiger partial charge in [0.25, 0.3) is 0 Å². The second-order valence-corrected chi connectivity index (χ2v) is 13.6. The molecule has 0 fully saturated rings. The lowest BCUT2D eigenvalue weighted by Crippen LogP contribution is -2.21. The van der Waals surface area contributed by atoms with E-state index in [-0.39, 0.29) is 5.75 Å². The second-order valence-electron chi connectivity index (χ2n) is 13.6. The topological polar surface area (TPSA) is 33.4 Å². The summed E-state index contributed by atoms with van der Waals surface area (Å²) in [6.45, 7) is 10.8. The van der Waals surface area contributed by atoms with Crippen LogP contribution in [0.15, 0.2) is 175 Å². The van der Waals surface area contributed by atoms with E-state index in [1.807, 2.05) is 73.7 Å². The molecule has 54 heavy (non-hydrogen) atoms. The Balaban J connectivity index is 1.23. The first-order valence-electron chi connectivity index (χ1n) is 18.3. The van der Waals surface area contributed by atoms with Gasteiger partial charge in [-0.3, -0.25) is 0 Å². The number of aromatic hydroxyl groups is 1. The fraction of sp³-hybridized carbons (Fsp3) is 0.0385. The Morgan fingerprint density at radius 2 is 1.31 bits per heavy atom. The lowest BCUT2D eigenvalue weighted by atomic mass is 9.94. The molecule has 2 heteroatoms. The number of rotatable bonds is 6. The van der Waals surface area contributed by atoms with Crippen molar-refractivity contribution in [2.24, 2.45) is 0 Å². The largest absolute Gasteiger partial charge is 0.507 e. The number of phenols is 1. The van der Waals surface area contributed by atoms with Crippen molar-refractivity contribution in [3.63, 3.8) is 0 Å². The van der Waals surface area contributed by atoms with Gasteiger partial charge in [0, 0.05) is 16.2 Å². The highest BCUT2D eigenvalue weighted by atomic mass is 16.3. The Labute approximate surface area is 315 Å². The van der Waals surface area contributed by atoms with E-state index in [0.29, 0.717) is 0 Å². The monoisotopic (exact) mass is 696 g/mol. The molecule has 1 aromatic heterocycles. The van der Waals surface area contributed by atoms with E-state index in [9.17, 15) is 5.11 Å². The summed E-state index contributed by atoms with van der Waals surface area (Å²) in [5.74, 6) is 0.254. The van der Waals surface area contributed by atoms with Gasteiger partial charge in [-0.05, 0) is 115 Å². The van der Waals surface area contributed by atoms with E-state index in [1.54, 1.807) is 0 Å². The SMILES string of the molecule is C=C(/C=c1/ccccc1=C)c1ccccccc(-c2cccc(C/C=c3\c(=C/C)oc4cc5cc(O)c(-c6ccccc6)cc5cc34)c2)c2ccccc12. The maximum Gasteiger partial charge on any atom is 0.136 e. The molecule has 0 unspecified atom stereocenters. The van der Waals surface area contributed by atoms with Gasteiger partial charge >= 0.3 is 0 Å². The average molecular weight is 697 g/mol. The van der Waals surface area contributed by atoms with Gasteiger partial charge in [-0.2, -0.15) is 0 Å². The van der Waals surface area contributed by atoms with E-state index in [4.69, 9.17) is 4.42 Å². The number of fused-ring (bicyclic) bond motifs is 3. The van der Waals surface area contributed by atoms with Crippen molar-refractivity contribution in [1.29, 1.82) is 0 Å². The molecule has 2 nitrogen and oxygen atoms in total. The van der Waals surface area contributed by atoms with Crippen LogP contribution in [0, 0.1) is 0 Å². The maximum atomic E-state index is 10.9. The molecule has 0 atom stereocenters. The number of benzene rings is 6. The van der Waals surface area contributed by atoms with Crippen LogP contribution in [0.2, 0.25) is 0 Å². The summed E-state index contributed by atoms with van der Waals surface area (Å²) in [5, 5.41) is 19.3. The minimum absolute atomic E-state index is 0.254. The Morgan fingerprint density at radius 3 is 2.13 bits per heavy atom. The van der Waals surface area contributed by atoms with Crippen molar-refractivity contribution in [1.82, 2.24) is 0 Å². The summed E-state index contributed by atoms with van der Waals surface area (Å²) in [7, 11) is 0. The fourth-order valence-corrected chi connectivity index (χ4v) is 7.31. The first kappa shape index (κ1) is 34.2. The Kier molecular flexibility index (Phi) is 9.49. The number of hydrogen-bond acceptors (Lipinski definition) is 2. The van der Waals surface area contributed by atoms with Gasteiger partial charge in [0.05, 0.1) is 0 Å². The van der Waals surface area contributed by atoms with Crippen LogP contribution in [0.3, 0.4) is 0 Å². The van der Waals surface area contributed by atoms with Gasteiger partial charge in [0.1, 0.15) is 16.7 Å². The minimum atomic E-state index is 0.254.